The summed E-state index contributed by atoms with van der Waals surface area (Å²) >= 11 is 6.18. The van der Waals surface area contributed by atoms with E-state index >= 15 is 0 Å². The molecule has 1 N–H and O–H groups in total. The topological polar surface area (TPSA) is 37.8 Å². The summed E-state index contributed by atoms with van der Waals surface area (Å²) in [5.41, 5.74) is 2.37. The SMILES string of the molecule is Clc1ccc(Nc2ncccn2)c(C2CCCCC2)c1. The predicted octanol–water partition coefficient (Wildman–Crippen LogP) is 4.92. The summed E-state index contributed by atoms with van der Waals surface area (Å²) in [6, 6.07) is 7.85. The van der Waals surface area contributed by atoms with E-state index in [4.69, 9.17) is 11.6 Å². The molecule has 1 aromatic heterocycles. The zero-order chi connectivity index (χ0) is 13.8. The van der Waals surface area contributed by atoms with Crippen LogP contribution in [0.4, 0.5) is 11.6 Å². The lowest BCUT2D eigenvalue weighted by Gasteiger charge is -2.24. The van der Waals surface area contributed by atoms with Crippen molar-refractivity contribution in [3.05, 3.63) is 47.2 Å². The second-order valence-corrected chi connectivity index (χ2v) is 5.70. The Morgan fingerprint density at radius 3 is 2.55 bits per heavy atom. The maximum atomic E-state index is 6.18. The van der Waals surface area contributed by atoms with Crippen molar-refractivity contribution in [3.8, 4) is 0 Å². The number of nitrogens with one attached hydrogen (secondary N) is 1. The van der Waals surface area contributed by atoms with Crippen LogP contribution in [0.5, 0.6) is 0 Å². The molecule has 0 atom stereocenters. The fourth-order valence-electron chi connectivity index (χ4n) is 2.88. The first-order valence-electron chi connectivity index (χ1n) is 7.16. The third-order valence-corrected chi connectivity index (χ3v) is 4.11. The van der Waals surface area contributed by atoms with Crippen LogP contribution in [-0.2, 0) is 0 Å². The number of rotatable bonds is 3. The highest BCUT2D eigenvalue weighted by Gasteiger charge is 2.19. The minimum absolute atomic E-state index is 0.591. The highest BCUT2D eigenvalue weighted by molar-refractivity contribution is 6.30. The van der Waals surface area contributed by atoms with E-state index in [0.717, 1.165) is 10.7 Å². The van der Waals surface area contributed by atoms with Crippen molar-refractivity contribution in [2.75, 3.05) is 5.32 Å². The van der Waals surface area contributed by atoms with Gasteiger partial charge < -0.3 is 5.32 Å². The van der Waals surface area contributed by atoms with Crippen molar-refractivity contribution >= 4 is 23.2 Å². The number of anilines is 2. The Balaban J connectivity index is 1.89. The van der Waals surface area contributed by atoms with Crippen LogP contribution < -0.4 is 5.32 Å². The summed E-state index contributed by atoms with van der Waals surface area (Å²) in [5.74, 6) is 1.22. The molecule has 1 aliphatic rings. The molecule has 0 amide bonds. The van der Waals surface area contributed by atoms with Crippen LogP contribution in [0.1, 0.15) is 43.6 Å². The van der Waals surface area contributed by atoms with Crippen molar-refractivity contribution in [2.45, 2.75) is 38.0 Å². The fourth-order valence-corrected chi connectivity index (χ4v) is 3.06. The van der Waals surface area contributed by atoms with E-state index in [-0.39, 0.29) is 0 Å². The quantitative estimate of drug-likeness (QED) is 0.870. The maximum absolute atomic E-state index is 6.18. The van der Waals surface area contributed by atoms with Gasteiger partial charge >= 0.3 is 0 Å². The van der Waals surface area contributed by atoms with Crippen LogP contribution in [0.2, 0.25) is 5.02 Å². The van der Waals surface area contributed by atoms with Gasteiger partial charge in [0, 0.05) is 23.1 Å². The Hall–Kier alpha value is -1.61. The standard InChI is InChI=1S/C16H18ClN3/c17-13-7-8-15(20-16-18-9-4-10-19-16)14(11-13)12-5-2-1-3-6-12/h4,7-12H,1-3,5-6H2,(H,18,19,20). The second kappa shape index (κ2) is 6.23. The van der Waals surface area contributed by atoms with Crippen molar-refractivity contribution < 1.29 is 0 Å². The molecule has 3 nitrogen and oxygen atoms in total. The summed E-state index contributed by atoms with van der Waals surface area (Å²) in [6.45, 7) is 0. The summed E-state index contributed by atoms with van der Waals surface area (Å²) in [7, 11) is 0. The van der Waals surface area contributed by atoms with Gasteiger partial charge in [-0.05, 0) is 48.6 Å². The number of benzene rings is 1. The average Bonchev–Trinajstić information content (AvgIpc) is 2.51. The Kier molecular flexibility index (Phi) is 4.16. The van der Waals surface area contributed by atoms with Crippen LogP contribution in [0, 0.1) is 0 Å². The van der Waals surface area contributed by atoms with Crippen LogP contribution >= 0.6 is 11.6 Å². The van der Waals surface area contributed by atoms with E-state index in [0.29, 0.717) is 11.9 Å². The largest absolute Gasteiger partial charge is 0.324 e. The molecule has 1 fully saturated rings. The monoisotopic (exact) mass is 287 g/mol. The van der Waals surface area contributed by atoms with E-state index < -0.39 is 0 Å². The molecule has 1 aromatic carbocycles. The summed E-state index contributed by atoms with van der Waals surface area (Å²) in [5, 5.41) is 4.11. The molecule has 2 aromatic rings. The first-order valence-corrected chi connectivity index (χ1v) is 7.54. The summed E-state index contributed by atoms with van der Waals surface area (Å²) in [4.78, 5) is 8.45. The van der Waals surface area contributed by atoms with Gasteiger partial charge in [0.25, 0.3) is 0 Å². The van der Waals surface area contributed by atoms with Crippen LogP contribution in [0.3, 0.4) is 0 Å². The molecule has 20 heavy (non-hydrogen) atoms. The van der Waals surface area contributed by atoms with Crippen molar-refractivity contribution in [1.29, 1.82) is 0 Å². The van der Waals surface area contributed by atoms with Gasteiger partial charge in [-0.15, -0.1) is 0 Å². The van der Waals surface area contributed by atoms with Crippen LogP contribution in [0.25, 0.3) is 0 Å². The summed E-state index contributed by atoms with van der Waals surface area (Å²) in [6.07, 6.45) is 9.92. The molecule has 104 valence electrons. The van der Waals surface area contributed by atoms with E-state index in [1.165, 1.54) is 37.7 Å². The molecule has 0 radical (unpaired) electrons. The number of halogens is 1. The van der Waals surface area contributed by atoms with E-state index in [2.05, 4.69) is 21.4 Å². The molecule has 3 rings (SSSR count). The third-order valence-electron chi connectivity index (χ3n) is 3.87. The number of hydrogen-bond acceptors (Lipinski definition) is 3. The van der Waals surface area contributed by atoms with Crippen molar-refractivity contribution in [1.82, 2.24) is 9.97 Å². The first kappa shape index (κ1) is 13.4. The Labute approximate surface area is 124 Å². The Morgan fingerprint density at radius 2 is 1.80 bits per heavy atom. The Morgan fingerprint density at radius 1 is 1.05 bits per heavy atom. The molecule has 4 heteroatoms. The lowest BCUT2D eigenvalue weighted by Crippen LogP contribution is -2.08. The second-order valence-electron chi connectivity index (χ2n) is 5.26. The molecular formula is C16H18ClN3. The maximum Gasteiger partial charge on any atom is 0.227 e. The van der Waals surface area contributed by atoms with Crippen LogP contribution in [-0.4, -0.2) is 9.97 Å². The molecule has 0 aliphatic heterocycles. The zero-order valence-electron chi connectivity index (χ0n) is 11.3. The first-order chi connectivity index (χ1) is 9.83. The van der Waals surface area contributed by atoms with Gasteiger partial charge in [0.2, 0.25) is 5.95 Å². The Bertz CT molecular complexity index is 565. The minimum Gasteiger partial charge on any atom is -0.324 e. The van der Waals surface area contributed by atoms with Crippen molar-refractivity contribution in [2.24, 2.45) is 0 Å². The summed E-state index contributed by atoms with van der Waals surface area (Å²) < 4.78 is 0. The highest BCUT2D eigenvalue weighted by atomic mass is 35.5. The number of nitrogens with zero attached hydrogens (tertiary/aromatic N) is 2. The lowest BCUT2D eigenvalue weighted by molar-refractivity contribution is 0.444. The number of aromatic nitrogens is 2. The minimum atomic E-state index is 0.591. The van der Waals surface area contributed by atoms with E-state index in [1.54, 1.807) is 12.4 Å². The van der Waals surface area contributed by atoms with Gasteiger partial charge in [-0.2, -0.15) is 0 Å². The van der Waals surface area contributed by atoms with Gasteiger partial charge in [-0.1, -0.05) is 30.9 Å². The van der Waals surface area contributed by atoms with E-state index in [1.807, 2.05) is 18.2 Å². The third kappa shape index (κ3) is 3.10. The molecule has 1 heterocycles. The molecule has 1 aliphatic carbocycles. The lowest BCUT2D eigenvalue weighted by atomic mass is 9.83. The van der Waals surface area contributed by atoms with Gasteiger partial charge in [0.15, 0.2) is 0 Å². The predicted molar refractivity (Wildman–Crippen MR) is 82.6 cm³/mol. The highest BCUT2D eigenvalue weighted by Crippen LogP contribution is 2.38. The smallest absolute Gasteiger partial charge is 0.227 e. The molecule has 1 saturated carbocycles. The van der Waals surface area contributed by atoms with Crippen LogP contribution in [0.15, 0.2) is 36.7 Å². The van der Waals surface area contributed by atoms with Gasteiger partial charge in [0.05, 0.1) is 0 Å². The molecule has 0 unspecified atom stereocenters. The molecule has 0 spiro atoms. The molecule has 0 saturated heterocycles. The van der Waals surface area contributed by atoms with Crippen molar-refractivity contribution in [3.63, 3.8) is 0 Å². The van der Waals surface area contributed by atoms with Gasteiger partial charge in [-0.3, -0.25) is 0 Å². The fraction of sp³-hybridized carbons (Fsp3) is 0.375. The molecular weight excluding hydrogens is 270 g/mol. The van der Waals surface area contributed by atoms with Gasteiger partial charge in [0.1, 0.15) is 0 Å². The normalized spacial score (nSPS) is 16.1. The molecule has 0 bridgehead atoms. The van der Waals surface area contributed by atoms with E-state index in [9.17, 15) is 0 Å². The zero-order valence-corrected chi connectivity index (χ0v) is 12.1. The number of hydrogen-bond donors (Lipinski definition) is 1. The average molecular weight is 288 g/mol. The van der Waals surface area contributed by atoms with Gasteiger partial charge in [-0.25, -0.2) is 9.97 Å².